The van der Waals surface area contributed by atoms with Gasteiger partial charge in [-0.25, -0.2) is 17.6 Å². The quantitative estimate of drug-likeness (QED) is 0.839. The van der Waals surface area contributed by atoms with Crippen molar-refractivity contribution in [1.29, 1.82) is 0 Å². The van der Waals surface area contributed by atoms with E-state index in [9.17, 15) is 17.6 Å². The highest BCUT2D eigenvalue weighted by Crippen LogP contribution is 2.25. The molecular weight excluding hydrogens is 333 g/mol. The largest absolute Gasteiger partial charge is 0.479 e. The average Bonchev–Trinajstić information content (AvgIpc) is 2.82. The zero-order valence-electron chi connectivity index (χ0n) is 11.4. The van der Waals surface area contributed by atoms with Gasteiger partial charge in [-0.1, -0.05) is 0 Å². The van der Waals surface area contributed by atoms with E-state index in [0.717, 1.165) is 23.8 Å². The van der Waals surface area contributed by atoms with Crippen LogP contribution in [0.25, 0.3) is 0 Å². The van der Waals surface area contributed by atoms with E-state index in [1.54, 1.807) is 17.7 Å². The number of ether oxygens (including phenoxy) is 1. The third-order valence-electron chi connectivity index (χ3n) is 2.66. The number of anilines is 1. The maximum atomic E-state index is 13.8. The fraction of sp³-hybridized carbons (Fsp3) is 0.154. The van der Waals surface area contributed by atoms with Crippen LogP contribution in [0.1, 0.15) is 5.56 Å². The Morgan fingerprint density at radius 1 is 1.41 bits per heavy atom. The second-order valence-electron chi connectivity index (χ2n) is 4.35. The molecule has 0 aliphatic heterocycles. The summed E-state index contributed by atoms with van der Waals surface area (Å²) in [5.41, 5.74) is 1.19. The molecule has 2 N–H and O–H groups in total. The van der Waals surface area contributed by atoms with Gasteiger partial charge in [-0.05, 0) is 36.1 Å². The van der Waals surface area contributed by atoms with E-state index in [-0.39, 0.29) is 10.6 Å². The van der Waals surface area contributed by atoms with Gasteiger partial charge in [0.05, 0.1) is 10.6 Å². The first kappa shape index (κ1) is 16.2. The van der Waals surface area contributed by atoms with Crippen LogP contribution in [-0.2, 0) is 14.8 Å². The molecule has 2 rings (SSSR count). The lowest BCUT2D eigenvalue weighted by molar-refractivity contribution is -0.139. The molecule has 1 aromatic heterocycles. The number of sulfonamides is 1. The third kappa shape index (κ3) is 3.74. The van der Waals surface area contributed by atoms with E-state index in [0.29, 0.717) is 5.69 Å². The number of carboxylic acid groups (broad SMARTS) is 1. The molecule has 118 valence electrons. The van der Waals surface area contributed by atoms with Gasteiger partial charge < -0.3 is 9.84 Å². The zero-order chi connectivity index (χ0) is 16.3. The van der Waals surface area contributed by atoms with Gasteiger partial charge in [0, 0.05) is 5.38 Å². The predicted molar refractivity (Wildman–Crippen MR) is 79.4 cm³/mol. The first-order chi connectivity index (χ1) is 10.3. The number of carbonyl (C=O) groups is 1. The van der Waals surface area contributed by atoms with Crippen LogP contribution >= 0.6 is 11.3 Å². The van der Waals surface area contributed by atoms with E-state index in [4.69, 9.17) is 9.84 Å². The molecule has 9 heteroatoms. The number of hydrogen-bond donors (Lipinski definition) is 2. The van der Waals surface area contributed by atoms with Crippen molar-refractivity contribution in [2.45, 2.75) is 11.8 Å². The van der Waals surface area contributed by atoms with Gasteiger partial charge in [0.15, 0.2) is 18.2 Å². The smallest absolute Gasteiger partial charge is 0.341 e. The molecule has 1 heterocycles. The van der Waals surface area contributed by atoms with Gasteiger partial charge in [0.25, 0.3) is 10.0 Å². The lowest BCUT2D eigenvalue weighted by Crippen LogP contribution is -2.14. The first-order valence-electron chi connectivity index (χ1n) is 5.99. The molecular formula is C13H12FNO5S2. The minimum atomic E-state index is -3.93. The van der Waals surface area contributed by atoms with Gasteiger partial charge in [-0.15, -0.1) is 11.3 Å². The summed E-state index contributed by atoms with van der Waals surface area (Å²) in [6.45, 7) is 1.03. The van der Waals surface area contributed by atoms with Crippen molar-refractivity contribution in [3.63, 3.8) is 0 Å². The van der Waals surface area contributed by atoms with Crippen molar-refractivity contribution in [3.8, 4) is 5.75 Å². The van der Waals surface area contributed by atoms with E-state index >= 15 is 0 Å². The number of thiophene rings is 1. The van der Waals surface area contributed by atoms with Crippen molar-refractivity contribution in [3.05, 3.63) is 40.3 Å². The number of aryl methyl sites for hydroxylation is 1. The lowest BCUT2D eigenvalue weighted by Gasteiger charge is -2.09. The van der Waals surface area contributed by atoms with Crippen LogP contribution in [0.5, 0.6) is 5.75 Å². The van der Waals surface area contributed by atoms with Crippen LogP contribution in [0.15, 0.2) is 33.9 Å². The van der Waals surface area contributed by atoms with E-state index in [1.165, 1.54) is 11.3 Å². The number of rotatable bonds is 6. The van der Waals surface area contributed by atoms with E-state index in [1.807, 2.05) is 0 Å². The van der Waals surface area contributed by atoms with Crippen LogP contribution in [0.2, 0.25) is 0 Å². The monoisotopic (exact) mass is 345 g/mol. The number of carboxylic acids is 1. The number of hydrogen-bond acceptors (Lipinski definition) is 5. The molecule has 0 saturated heterocycles. The fourth-order valence-corrected chi connectivity index (χ4v) is 3.56. The molecule has 6 nitrogen and oxygen atoms in total. The fourth-order valence-electron chi connectivity index (χ4n) is 1.57. The van der Waals surface area contributed by atoms with Gasteiger partial charge in [0.1, 0.15) is 0 Å². The minimum Gasteiger partial charge on any atom is -0.479 e. The highest BCUT2D eigenvalue weighted by molar-refractivity contribution is 7.92. The topological polar surface area (TPSA) is 92.7 Å². The normalized spacial score (nSPS) is 11.2. The third-order valence-corrected chi connectivity index (χ3v) is 4.89. The van der Waals surface area contributed by atoms with Gasteiger partial charge in [0.2, 0.25) is 0 Å². The molecule has 0 unspecified atom stereocenters. The van der Waals surface area contributed by atoms with Crippen LogP contribution in [0.3, 0.4) is 0 Å². The molecule has 0 radical (unpaired) electrons. The summed E-state index contributed by atoms with van der Waals surface area (Å²) < 4.78 is 45.2. The Morgan fingerprint density at radius 2 is 2.14 bits per heavy atom. The molecule has 0 aliphatic carbocycles. The minimum absolute atomic E-state index is 0.279. The molecule has 1 aromatic carbocycles. The van der Waals surface area contributed by atoms with Crippen molar-refractivity contribution in [2.24, 2.45) is 0 Å². The first-order valence-corrected chi connectivity index (χ1v) is 8.42. The van der Waals surface area contributed by atoms with Gasteiger partial charge in [-0.2, -0.15) is 0 Å². The van der Waals surface area contributed by atoms with Gasteiger partial charge >= 0.3 is 5.97 Å². The Hall–Kier alpha value is -2.13. The Labute approximate surface area is 130 Å². The van der Waals surface area contributed by atoms with Crippen LogP contribution in [-0.4, -0.2) is 26.1 Å². The molecule has 0 bridgehead atoms. The van der Waals surface area contributed by atoms with Crippen molar-refractivity contribution in [2.75, 3.05) is 11.3 Å². The molecule has 0 fully saturated rings. The lowest BCUT2D eigenvalue weighted by atomic mass is 10.3. The molecule has 0 saturated carbocycles. The van der Waals surface area contributed by atoms with Gasteiger partial charge in [-0.3, -0.25) is 4.72 Å². The SMILES string of the molecule is Cc1cscc1NS(=O)(=O)c1ccc(OCC(=O)O)c(F)c1. The summed E-state index contributed by atoms with van der Waals surface area (Å²) in [4.78, 5) is 10.1. The standard InChI is InChI=1S/C13H12FNO5S2/c1-8-6-21-7-11(8)15-22(18,19)9-2-3-12(10(14)4-9)20-5-13(16)17/h2-4,6-7,15H,5H2,1H3,(H,16,17). The molecule has 0 amide bonds. The highest BCUT2D eigenvalue weighted by atomic mass is 32.2. The Balaban J connectivity index is 2.23. The summed E-state index contributed by atoms with van der Waals surface area (Å²) in [5.74, 6) is -2.54. The number of benzene rings is 1. The molecule has 2 aromatic rings. The summed E-state index contributed by atoms with van der Waals surface area (Å²) in [6, 6.07) is 3.00. The second-order valence-corrected chi connectivity index (χ2v) is 6.77. The van der Waals surface area contributed by atoms with Crippen LogP contribution in [0, 0.1) is 12.7 Å². The summed E-state index contributed by atoms with van der Waals surface area (Å²) in [7, 11) is -3.93. The van der Waals surface area contributed by atoms with E-state index < -0.39 is 28.4 Å². The Bertz CT molecular complexity index is 801. The maximum Gasteiger partial charge on any atom is 0.341 e. The number of nitrogens with one attached hydrogen (secondary N) is 1. The maximum absolute atomic E-state index is 13.8. The van der Waals surface area contributed by atoms with Crippen molar-refractivity contribution in [1.82, 2.24) is 0 Å². The van der Waals surface area contributed by atoms with E-state index in [2.05, 4.69) is 4.72 Å². The summed E-state index contributed by atoms with van der Waals surface area (Å²) in [6.07, 6.45) is 0. The van der Waals surface area contributed by atoms with Crippen LogP contribution in [0.4, 0.5) is 10.1 Å². The highest BCUT2D eigenvalue weighted by Gasteiger charge is 2.18. The van der Waals surface area contributed by atoms with Crippen LogP contribution < -0.4 is 9.46 Å². The summed E-state index contributed by atoms with van der Waals surface area (Å²) >= 11 is 1.34. The summed E-state index contributed by atoms with van der Waals surface area (Å²) in [5, 5.41) is 11.9. The van der Waals surface area contributed by atoms with Crippen molar-refractivity contribution < 1.29 is 27.4 Å². The molecule has 22 heavy (non-hydrogen) atoms. The Morgan fingerprint density at radius 3 is 2.68 bits per heavy atom. The second kappa shape index (κ2) is 6.32. The average molecular weight is 345 g/mol. The number of halogens is 1. The molecule has 0 spiro atoms. The Kier molecular flexibility index (Phi) is 4.67. The van der Waals surface area contributed by atoms with Crippen molar-refractivity contribution >= 4 is 33.0 Å². The number of aliphatic carboxylic acids is 1. The molecule has 0 aliphatic rings. The predicted octanol–water partition coefficient (Wildman–Crippen LogP) is 2.46. The zero-order valence-corrected chi connectivity index (χ0v) is 13.0. The molecule has 0 atom stereocenters.